The van der Waals surface area contributed by atoms with Crippen LogP contribution in [0.3, 0.4) is 0 Å². The van der Waals surface area contributed by atoms with Crippen LogP contribution in [0.15, 0.2) is 6.07 Å². The van der Waals surface area contributed by atoms with Crippen LogP contribution in [0.2, 0.25) is 0 Å². The van der Waals surface area contributed by atoms with Crippen molar-refractivity contribution in [1.82, 2.24) is 0 Å². The number of aromatic nitrogens is 1. The van der Waals surface area contributed by atoms with Crippen molar-refractivity contribution in [2.45, 2.75) is 6.42 Å². The number of nitrogens with two attached hydrogens (primary N) is 1. The van der Waals surface area contributed by atoms with Crippen molar-refractivity contribution in [1.29, 1.82) is 0 Å². The quantitative estimate of drug-likeness (QED) is 0.552. The van der Waals surface area contributed by atoms with E-state index < -0.39 is 0 Å². The highest BCUT2D eigenvalue weighted by atomic mass is 127. The maximum absolute atomic E-state index is 5.83. The summed E-state index contributed by atoms with van der Waals surface area (Å²) in [6, 6.07) is 1.99. The molecule has 2 aromatic rings. The monoisotopic (exact) mass is 406 g/mol. The molecule has 0 amide bonds. The van der Waals surface area contributed by atoms with Crippen molar-refractivity contribution < 1.29 is 43.2 Å². The summed E-state index contributed by atoms with van der Waals surface area (Å²) in [6.07, 6.45) is 0.833. The van der Waals surface area contributed by atoms with E-state index >= 15 is 0 Å². The molecule has 7 heteroatoms. The highest BCUT2D eigenvalue weighted by Gasteiger charge is 2.32. The second-order valence-electron chi connectivity index (χ2n) is 4.25. The molecule has 0 spiro atoms. The molecule has 3 N–H and O–H groups in total. The highest BCUT2D eigenvalue weighted by molar-refractivity contribution is 7.15. The first-order valence-electron chi connectivity index (χ1n) is 5.82. The van der Waals surface area contributed by atoms with Crippen molar-refractivity contribution >= 4 is 16.5 Å². The second-order valence-corrected chi connectivity index (χ2v) is 5.38. The van der Waals surface area contributed by atoms with E-state index in [4.69, 9.17) is 19.9 Å². The first kappa shape index (κ1) is 15.2. The minimum absolute atomic E-state index is 0. The van der Waals surface area contributed by atoms with E-state index in [1.54, 1.807) is 32.7 Å². The summed E-state index contributed by atoms with van der Waals surface area (Å²) < 4.78 is 16.3. The number of H-pyrrole nitrogens is 1. The Labute approximate surface area is 138 Å². The molecule has 0 aliphatic heterocycles. The normalized spacial score (nSPS) is 11.3. The predicted octanol–water partition coefficient (Wildman–Crippen LogP) is -1.25. The molecule has 3 rings (SSSR count). The van der Waals surface area contributed by atoms with Gasteiger partial charge in [0.2, 0.25) is 5.75 Å². The number of thiazole rings is 1. The first-order valence-corrected chi connectivity index (χ1v) is 6.63. The molecule has 1 aromatic heterocycles. The zero-order valence-electron chi connectivity index (χ0n) is 11.4. The van der Waals surface area contributed by atoms with Gasteiger partial charge >= 0.3 is 5.13 Å². The molecule has 1 heterocycles. The molecule has 1 aliphatic carbocycles. The zero-order valence-corrected chi connectivity index (χ0v) is 14.3. The highest BCUT2D eigenvalue weighted by Crippen LogP contribution is 2.51. The SMILES string of the molecule is COc1cc2c(c(OC)c1OC)-c1[nH+]c(N)sc1C2.[I-]. The van der Waals surface area contributed by atoms with Crippen LogP contribution in [0, 0.1) is 0 Å². The van der Waals surface area contributed by atoms with Gasteiger partial charge in [0.15, 0.2) is 17.2 Å². The maximum Gasteiger partial charge on any atom is 0.330 e. The second kappa shape index (κ2) is 5.65. The van der Waals surface area contributed by atoms with Crippen molar-refractivity contribution in [2.75, 3.05) is 27.1 Å². The van der Waals surface area contributed by atoms with Gasteiger partial charge in [-0.05, 0) is 11.6 Å². The van der Waals surface area contributed by atoms with Crippen LogP contribution in [0.1, 0.15) is 10.4 Å². The Balaban J connectivity index is 0.00000147. The molecule has 0 saturated heterocycles. The van der Waals surface area contributed by atoms with Gasteiger partial charge in [0.1, 0.15) is 0 Å². The van der Waals surface area contributed by atoms with Crippen LogP contribution in [-0.4, -0.2) is 21.3 Å². The predicted molar refractivity (Wildman–Crippen MR) is 73.2 cm³/mol. The number of benzene rings is 1. The van der Waals surface area contributed by atoms with Gasteiger partial charge in [0, 0.05) is 6.42 Å². The molecule has 0 fully saturated rings. The standard InChI is InChI=1S/C13H14N2O3S.HI/c1-16-7-4-6-5-8-10(15-13(14)19-8)9(6)12(18-3)11(7)17-2;/h4H,5H2,1-3H3,(H2,14,15);1H. The molecule has 1 aromatic carbocycles. The number of hydrogen-bond donors (Lipinski definition) is 1. The fourth-order valence-electron chi connectivity index (χ4n) is 2.52. The van der Waals surface area contributed by atoms with Crippen LogP contribution < -0.4 is 48.9 Å². The lowest BCUT2D eigenvalue weighted by Gasteiger charge is -2.15. The first-order chi connectivity index (χ1) is 9.19. The number of anilines is 1. The number of aromatic amines is 1. The molecule has 5 nitrogen and oxygen atoms in total. The largest absolute Gasteiger partial charge is 1.00 e. The third-order valence-corrected chi connectivity index (χ3v) is 4.19. The Morgan fingerprint density at radius 2 is 1.85 bits per heavy atom. The fourth-order valence-corrected chi connectivity index (χ4v) is 3.42. The molecule has 0 atom stereocenters. The summed E-state index contributed by atoms with van der Waals surface area (Å²) >= 11 is 1.56. The average molecular weight is 406 g/mol. The minimum atomic E-state index is 0. The Morgan fingerprint density at radius 1 is 1.15 bits per heavy atom. The molecule has 0 bridgehead atoms. The van der Waals surface area contributed by atoms with Gasteiger partial charge in [-0.15, -0.1) is 0 Å². The maximum atomic E-state index is 5.83. The van der Waals surface area contributed by atoms with Crippen LogP contribution in [-0.2, 0) is 6.42 Å². The Hall–Kier alpha value is -1.22. The summed E-state index contributed by atoms with van der Waals surface area (Å²) in [5.74, 6) is 1.97. The lowest BCUT2D eigenvalue weighted by atomic mass is 10.1. The van der Waals surface area contributed by atoms with Crippen molar-refractivity contribution in [3.8, 4) is 28.5 Å². The van der Waals surface area contributed by atoms with Crippen molar-refractivity contribution in [2.24, 2.45) is 0 Å². The van der Waals surface area contributed by atoms with Gasteiger partial charge in [-0.25, -0.2) is 4.98 Å². The Kier molecular flexibility index (Phi) is 4.28. The Bertz CT molecular complexity index is 658. The summed E-state index contributed by atoms with van der Waals surface area (Å²) in [5, 5.41) is 0.701. The number of nitrogen functional groups attached to an aromatic ring is 1. The summed E-state index contributed by atoms with van der Waals surface area (Å²) in [7, 11) is 4.86. The lowest BCUT2D eigenvalue weighted by molar-refractivity contribution is -0.340. The van der Waals surface area contributed by atoms with E-state index in [1.165, 1.54) is 4.88 Å². The molecular weight excluding hydrogens is 391 g/mol. The third kappa shape index (κ3) is 2.08. The van der Waals surface area contributed by atoms with Crippen molar-refractivity contribution in [3.63, 3.8) is 0 Å². The minimum Gasteiger partial charge on any atom is -1.00 e. The summed E-state index contributed by atoms with van der Waals surface area (Å²) in [4.78, 5) is 4.41. The smallest absolute Gasteiger partial charge is 0.330 e. The van der Waals surface area contributed by atoms with Gasteiger partial charge in [-0.1, -0.05) is 11.3 Å². The van der Waals surface area contributed by atoms with E-state index in [0.717, 1.165) is 23.2 Å². The van der Waals surface area contributed by atoms with Gasteiger partial charge in [-0.3, -0.25) is 5.73 Å². The van der Waals surface area contributed by atoms with Crippen molar-refractivity contribution in [3.05, 3.63) is 16.5 Å². The van der Waals surface area contributed by atoms with Gasteiger partial charge in [0.25, 0.3) is 0 Å². The number of methoxy groups -OCH3 is 3. The van der Waals surface area contributed by atoms with Gasteiger partial charge in [-0.2, -0.15) is 0 Å². The number of ether oxygens (including phenoxy) is 3. The van der Waals surface area contributed by atoms with E-state index in [-0.39, 0.29) is 24.0 Å². The number of rotatable bonds is 3. The Morgan fingerprint density at radius 3 is 2.45 bits per heavy atom. The molecular formula is C13H15IN2O3S. The van der Waals surface area contributed by atoms with E-state index in [9.17, 15) is 0 Å². The fraction of sp³-hybridized carbons (Fsp3) is 0.308. The zero-order chi connectivity index (χ0) is 13.6. The molecule has 0 radical (unpaired) electrons. The van der Waals surface area contributed by atoms with Gasteiger partial charge < -0.3 is 38.2 Å². The van der Waals surface area contributed by atoms with E-state index in [2.05, 4.69) is 4.98 Å². The topological polar surface area (TPSA) is 67.8 Å². The molecule has 108 valence electrons. The summed E-state index contributed by atoms with van der Waals surface area (Å²) in [5.41, 5.74) is 9.03. The van der Waals surface area contributed by atoms with Crippen LogP contribution >= 0.6 is 11.3 Å². The molecule has 1 aliphatic rings. The molecule has 20 heavy (non-hydrogen) atoms. The third-order valence-electron chi connectivity index (χ3n) is 3.27. The van der Waals surface area contributed by atoms with Crippen LogP contribution in [0.5, 0.6) is 17.2 Å². The number of fused-ring (bicyclic) bond motifs is 3. The lowest BCUT2D eigenvalue weighted by Crippen LogP contribution is -3.00. The van der Waals surface area contributed by atoms with Crippen LogP contribution in [0.25, 0.3) is 11.3 Å². The summed E-state index contributed by atoms with van der Waals surface area (Å²) in [6.45, 7) is 0. The average Bonchev–Trinajstić information content (AvgIpc) is 2.91. The molecule has 0 unspecified atom stereocenters. The van der Waals surface area contributed by atoms with E-state index in [1.807, 2.05) is 6.07 Å². The number of hydrogen-bond acceptors (Lipinski definition) is 5. The van der Waals surface area contributed by atoms with E-state index in [0.29, 0.717) is 22.4 Å². The van der Waals surface area contributed by atoms with Gasteiger partial charge in [0.05, 0.1) is 31.8 Å². The van der Waals surface area contributed by atoms with Crippen LogP contribution in [0.4, 0.5) is 5.13 Å². The molecule has 0 saturated carbocycles. The number of nitrogens with one attached hydrogen (secondary N) is 1. The number of halogens is 1.